The summed E-state index contributed by atoms with van der Waals surface area (Å²) in [7, 11) is 0. The van der Waals surface area contributed by atoms with E-state index in [0.717, 1.165) is 35.9 Å². The molecule has 5 nitrogen and oxygen atoms in total. The molecule has 0 radical (unpaired) electrons. The largest absolute Gasteiger partial charge is 0.357 e. The van der Waals surface area contributed by atoms with Crippen molar-refractivity contribution < 1.29 is 9.72 Å². The maximum atomic E-state index is 11.5. The van der Waals surface area contributed by atoms with Crippen LogP contribution in [0.3, 0.4) is 0 Å². The van der Waals surface area contributed by atoms with E-state index in [9.17, 15) is 14.9 Å². The minimum atomic E-state index is -0.408. The zero-order valence-corrected chi connectivity index (χ0v) is 12.0. The maximum Gasteiger partial charge on any atom is 0.270 e. The Hall–Kier alpha value is -2.17. The number of hydrogen-bond acceptors (Lipinski definition) is 3. The van der Waals surface area contributed by atoms with Crippen LogP contribution in [0.2, 0.25) is 0 Å². The molecule has 0 spiro atoms. The van der Waals surface area contributed by atoms with Gasteiger partial charge in [-0.3, -0.25) is 14.9 Å². The fraction of sp³-hybridized carbons (Fsp3) is 0.438. The van der Waals surface area contributed by atoms with Crippen LogP contribution in [0.5, 0.6) is 0 Å². The van der Waals surface area contributed by atoms with Gasteiger partial charge in [-0.15, -0.1) is 0 Å². The fourth-order valence-electron chi connectivity index (χ4n) is 3.44. The molecule has 0 atom stereocenters. The van der Waals surface area contributed by atoms with Crippen LogP contribution in [0.4, 0.5) is 5.69 Å². The molecule has 1 saturated carbocycles. The van der Waals surface area contributed by atoms with Crippen LogP contribution < -0.4 is 0 Å². The number of nitrogens with one attached hydrogen (secondary N) is 1. The smallest absolute Gasteiger partial charge is 0.270 e. The van der Waals surface area contributed by atoms with Gasteiger partial charge >= 0.3 is 0 Å². The zero-order chi connectivity index (χ0) is 15.0. The number of carbonyl (C=O) groups is 1. The number of fused-ring (bicyclic) bond motifs is 1. The highest BCUT2D eigenvalue weighted by molar-refractivity contribution is 6.01. The molecule has 0 amide bonds. The number of aromatic nitrogens is 1. The van der Waals surface area contributed by atoms with Crippen molar-refractivity contribution in [3.05, 3.63) is 39.1 Å². The predicted molar refractivity (Wildman–Crippen MR) is 80.9 cm³/mol. The Bertz CT molecular complexity index is 712. The number of aromatic amines is 1. The number of hydrogen-bond donors (Lipinski definition) is 1. The van der Waals surface area contributed by atoms with E-state index < -0.39 is 4.92 Å². The van der Waals surface area contributed by atoms with E-state index in [1.54, 1.807) is 6.07 Å². The van der Waals surface area contributed by atoms with E-state index >= 15 is 0 Å². The van der Waals surface area contributed by atoms with Crippen molar-refractivity contribution in [1.29, 1.82) is 0 Å². The maximum absolute atomic E-state index is 11.5. The van der Waals surface area contributed by atoms with Crippen LogP contribution in [-0.2, 0) is 0 Å². The Balaban J connectivity index is 2.19. The molecule has 1 aromatic heterocycles. The molecule has 21 heavy (non-hydrogen) atoms. The van der Waals surface area contributed by atoms with E-state index in [2.05, 4.69) is 4.98 Å². The molecule has 1 aliphatic rings. The molecule has 0 unspecified atom stereocenters. The van der Waals surface area contributed by atoms with Gasteiger partial charge in [-0.2, -0.15) is 0 Å². The van der Waals surface area contributed by atoms with Gasteiger partial charge in [0, 0.05) is 34.3 Å². The van der Waals surface area contributed by atoms with Crippen molar-refractivity contribution in [2.24, 2.45) is 0 Å². The first-order valence-electron chi connectivity index (χ1n) is 7.37. The van der Waals surface area contributed by atoms with Gasteiger partial charge in [-0.25, -0.2) is 0 Å². The summed E-state index contributed by atoms with van der Waals surface area (Å²) in [4.78, 5) is 25.5. The number of non-ortho nitro benzene ring substituents is 1. The van der Waals surface area contributed by atoms with Gasteiger partial charge in [0.15, 0.2) is 6.29 Å². The zero-order valence-electron chi connectivity index (χ0n) is 12.0. The molecule has 3 rings (SSSR count). The number of nitro groups is 1. The van der Waals surface area contributed by atoms with Crippen molar-refractivity contribution in [2.45, 2.75) is 44.9 Å². The van der Waals surface area contributed by atoms with Crippen molar-refractivity contribution in [2.75, 3.05) is 0 Å². The van der Waals surface area contributed by atoms with Crippen LogP contribution in [0.15, 0.2) is 12.1 Å². The Morgan fingerprint density at radius 3 is 2.62 bits per heavy atom. The van der Waals surface area contributed by atoms with Crippen LogP contribution in [0, 0.1) is 17.0 Å². The molecule has 0 bridgehead atoms. The summed E-state index contributed by atoms with van der Waals surface area (Å²) in [6, 6.07) is 3.06. The summed E-state index contributed by atoms with van der Waals surface area (Å²) in [6.45, 7) is 1.84. The van der Waals surface area contributed by atoms with E-state index in [-0.39, 0.29) is 5.69 Å². The number of nitro benzene ring substituents is 1. The molecule has 110 valence electrons. The molecule has 1 aliphatic carbocycles. The number of benzene rings is 1. The van der Waals surface area contributed by atoms with Gasteiger partial charge < -0.3 is 4.98 Å². The Labute approximate surface area is 122 Å². The lowest BCUT2D eigenvalue weighted by atomic mass is 9.85. The molecule has 2 aromatic rings. The first kappa shape index (κ1) is 13.8. The molecule has 1 aromatic carbocycles. The third-order valence-electron chi connectivity index (χ3n) is 4.50. The van der Waals surface area contributed by atoms with Crippen molar-refractivity contribution in [3.8, 4) is 0 Å². The molecule has 0 saturated heterocycles. The molecule has 1 N–H and O–H groups in total. The van der Waals surface area contributed by atoms with Crippen LogP contribution in [-0.4, -0.2) is 16.2 Å². The summed E-state index contributed by atoms with van der Waals surface area (Å²) < 4.78 is 0. The normalized spacial score (nSPS) is 16.2. The van der Waals surface area contributed by atoms with Crippen LogP contribution >= 0.6 is 0 Å². The van der Waals surface area contributed by atoms with Crippen molar-refractivity contribution in [3.63, 3.8) is 0 Å². The lowest BCUT2D eigenvalue weighted by Crippen LogP contribution is -2.06. The van der Waals surface area contributed by atoms with Gasteiger partial charge in [-0.05, 0) is 31.2 Å². The SMILES string of the molecule is Cc1cc([N+](=O)[O-])cc2c(C=O)c(C3CCCCC3)[nH]c12. The highest BCUT2D eigenvalue weighted by atomic mass is 16.6. The number of aldehydes is 1. The average molecular weight is 286 g/mol. The number of nitrogens with zero attached hydrogens (tertiary/aromatic N) is 1. The molecule has 1 fully saturated rings. The topological polar surface area (TPSA) is 76.0 Å². The van der Waals surface area contributed by atoms with E-state index in [0.29, 0.717) is 16.9 Å². The predicted octanol–water partition coefficient (Wildman–Crippen LogP) is 4.24. The highest BCUT2D eigenvalue weighted by Crippen LogP contribution is 2.37. The van der Waals surface area contributed by atoms with Crippen LogP contribution in [0.1, 0.15) is 59.6 Å². The standard InChI is InChI=1S/C16H18N2O3/c1-10-7-12(18(20)21)8-13-14(9-19)16(17-15(10)13)11-5-3-2-4-6-11/h7-9,11,17H,2-6H2,1H3. The Kier molecular flexibility index (Phi) is 3.49. The molecule has 5 heteroatoms. The molecule has 1 heterocycles. The number of aryl methyl sites for hydroxylation is 1. The van der Waals surface area contributed by atoms with E-state index in [4.69, 9.17) is 0 Å². The van der Waals surface area contributed by atoms with E-state index in [1.807, 2.05) is 6.92 Å². The minimum Gasteiger partial charge on any atom is -0.357 e. The number of H-pyrrole nitrogens is 1. The number of rotatable bonds is 3. The summed E-state index contributed by atoms with van der Waals surface area (Å²) >= 11 is 0. The molecule has 0 aliphatic heterocycles. The summed E-state index contributed by atoms with van der Waals surface area (Å²) in [5.74, 6) is 0.366. The molecular weight excluding hydrogens is 268 g/mol. The van der Waals surface area contributed by atoms with E-state index in [1.165, 1.54) is 25.3 Å². The Morgan fingerprint density at radius 2 is 2.00 bits per heavy atom. The number of carbonyl (C=O) groups excluding carboxylic acids is 1. The van der Waals surface area contributed by atoms with Gasteiger partial charge in [0.2, 0.25) is 0 Å². The third kappa shape index (κ3) is 2.33. The first-order valence-corrected chi connectivity index (χ1v) is 7.37. The third-order valence-corrected chi connectivity index (χ3v) is 4.50. The quantitative estimate of drug-likeness (QED) is 0.520. The highest BCUT2D eigenvalue weighted by Gasteiger charge is 2.24. The van der Waals surface area contributed by atoms with Gasteiger partial charge in [-0.1, -0.05) is 19.3 Å². The second kappa shape index (κ2) is 5.31. The monoisotopic (exact) mass is 286 g/mol. The minimum absolute atomic E-state index is 0.0392. The van der Waals surface area contributed by atoms with Gasteiger partial charge in [0.25, 0.3) is 5.69 Å². The summed E-state index contributed by atoms with van der Waals surface area (Å²) in [6.07, 6.45) is 6.60. The first-order chi connectivity index (χ1) is 10.1. The Morgan fingerprint density at radius 1 is 1.29 bits per heavy atom. The molecular formula is C16H18N2O3. The second-order valence-corrected chi connectivity index (χ2v) is 5.85. The fourth-order valence-corrected chi connectivity index (χ4v) is 3.44. The second-order valence-electron chi connectivity index (χ2n) is 5.85. The lowest BCUT2D eigenvalue weighted by Gasteiger charge is -2.21. The average Bonchev–Trinajstić information content (AvgIpc) is 2.87. The summed E-state index contributed by atoms with van der Waals surface area (Å²) in [5.41, 5.74) is 3.26. The van der Waals surface area contributed by atoms with Crippen molar-refractivity contribution in [1.82, 2.24) is 4.98 Å². The van der Waals surface area contributed by atoms with Crippen LogP contribution in [0.25, 0.3) is 10.9 Å². The van der Waals surface area contributed by atoms with Gasteiger partial charge in [0.1, 0.15) is 0 Å². The van der Waals surface area contributed by atoms with Gasteiger partial charge in [0.05, 0.1) is 4.92 Å². The van der Waals surface area contributed by atoms with Crippen molar-refractivity contribution >= 4 is 22.9 Å². The summed E-state index contributed by atoms with van der Waals surface area (Å²) in [5, 5.41) is 11.7. The lowest BCUT2D eigenvalue weighted by molar-refractivity contribution is -0.384.